The number of rotatable bonds is 4. The highest BCUT2D eigenvalue weighted by atomic mass is 35.5. The van der Waals surface area contributed by atoms with Gasteiger partial charge in [-0.1, -0.05) is 59.6 Å². The maximum atomic E-state index is 11.9. The fourth-order valence-corrected chi connectivity index (χ4v) is 2.22. The van der Waals surface area contributed by atoms with E-state index in [0.717, 1.165) is 5.56 Å². The number of amides is 2. The second kappa shape index (κ2) is 8.38. The molecular formula is C17H15Cl2N3O2. The van der Waals surface area contributed by atoms with Crippen molar-refractivity contribution in [2.45, 2.75) is 6.92 Å². The molecule has 0 aromatic heterocycles. The van der Waals surface area contributed by atoms with Gasteiger partial charge in [0.2, 0.25) is 0 Å². The van der Waals surface area contributed by atoms with Gasteiger partial charge in [-0.05, 0) is 30.7 Å². The minimum absolute atomic E-state index is 0.263. The fraction of sp³-hybridized carbons (Fsp3) is 0.0588. The van der Waals surface area contributed by atoms with Crippen LogP contribution in [-0.4, -0.2) is 11.8 Å². The average molecular weight is 364 g/mol. The van der Waals surface area contributed by atoms with E-state index in [1.807, 2.05) is 37.3 Å². The maximum absolute atomic E-state index is 11.9. The molecule has 0 radical (unpaired) electrons. The molecule has 0 aliphatic heterocycles. The van der Waals surface area contributed by atoms with Crippen molar-refractivity contribution in [3.8, 4) is 0 Å². The Hall–Kier alpha value is -2.50. The van der Waals surface area contributed by atoms with Gasteiger partial charge in [0.05, 0.1) is 16.4 Å². The summed E-state index contributed by atoms with van der Waals surface area (Å²) in [6.07, 6.45) is 1.78. The number of allylic oxidation sites excluding steroid dienone is 1. The van der Waals surface area contributed by atoms with Crippen LogP contribution in [0.4, 0.5) is 5.69 Å². The molecule has 0 unspecified atom stereocenters. The van der Waals surface area contributed by atoms with E-state index < -0.39 is 11.8 Å². The van der Waals surface area contributed by atoms with Crippen LogP contribution < -0.4 is 16.2 Å². The number of carbonyl (C=O) groups is 2. The van der Waals surface area contributed by atoms with Crippen molar-refractivity contribution in [1.29, 1.82) is 0 Å². The number of hydrazine groups is 1. The Balaban J connectivity index is 1.97. The summed E-state index contributed by atoms with van der Waals surface area (Å²) in [6, 6.07) is 14.0. The molecule has 5 nitrogen and oxygen atoms in total. The molecule has 2 aromatic carbocycles. The molecule has 0 bridgehead atoms. The lowest BCUT2D eigenvalue weighted by Gasteiger charge is -2.12. The van der Waals surface area contributed by atoms with Crippen molar-refractivity contribution in [3.05, 3.63) is 70.2 Å². The predicted octanol–water partition coefficient (Wildman–Crippen LogP) is 3.61. The zero-order valence-electron chi connectivity index (χ0n) is 12.8. The third kappa shape index (κ3) is 4.75. The van der Waals surface area contributed by atoms with Gasteiger partial charge >= 0.3 is 11.8 Å². The number of hydrogen-bond donors (Lipinski definition) is 3. The molecular weight excluding hydrogens is 349 g/mol. The summed E-state index contributed by atoms with van der Waals surface area (Å²) < 4.78 is 0. The molecule has 0 heterocycles. The third-order valence-electron chi connectivity index (χ3n) is 3.07. The largest absolute Gasteiger partial charge is 0.327 e. The Labute approximate surface area is 149 Å². The van der Waals surface area contributed by atoms with Gasteiger partial charge in [0, 0.05) is 5.02 Å². The van der Waals surface area contributed by atoms with Crippen LogP contribution in [0, 0.1) is 0 Å². The number of nitrogens with one attached hydrogen (secondary N) is 3. The van der Waals surface area contributed by atoms with Crippen LogP contribution >= 0.6 is 23.2 Å². The van der Waals surface area contributed by atoms with Crippen molar-refractivity contribution in [1.82, 2.24) is 10.9 Å². The van der Waals surface area contributed by atoms with E-state index in [1.165, 1.54) is 12.1 Å². The average Bonchev–Trinajstić information content (AvgIpc) is 2.59. The van der Waals surface area contributed by atoms with Crippen LogP contribution in [0.15, 0.2) is 54.6 Å². The van der Waals surface area contributed by atoms with Crippen LogP contribution in [0.1, 0.15) is 12.5 Å². The van der Waals surface area contributed by atoms with Gasteiger partial charge in [0.1, 0.15) is 0 Å². The molecule has 3 N–H and O–H groups in total. The van der Waals surface area contributed by atoms with E-state index >= 15 is 0 Å². The lowest BCUT2D eigenvalue weighted by atomic mass is 10.1. The molecule has 0 aliphatic rings. The number of halogens is 2. The van der Waals surface area contributed by atoms with Gasteiger partial charge in [-0.25, -0.2) is 0 Å². The molecule has 0 saturated heterocycles. The Morgan fingerprint density at radius 2 is 1.67 bits per heavy atom. The van der Waals surface area contributed by atoms with E-state index in [1.54, 1.807) is 12.1 Å². The highest BCUT2D eigenvalue weighted by Crippen LogP contribution is 2.25. The summed E-state index contributed by atoms with van der Waals surface area (Å²) >= 11 is 11.8. The van der Waals surface area contributed by atoms with Gasteiger partial charge in [-0.3, -0.25) is 20.4 Å². The minimum atomic E-state index is -0.866. The second-order valence-electron chi connectivity index (χ2n) is 4.73. The molecule has 0 spiro atoms. The van der Waals surface area contributed by atoms with Gasteiger partial charge in [0.15, 0.2) is 0 Å². The SMILES string of the molecule is CC=C(NNC(=O)C(=O)Nc1cc(Cl)ccc1Cl)c1ccccc1. The zero-order chi connectivity index (χ0) is 17.5. The van der Waals surface area contributed by atoms with E-state index in [0.29, 0.717) is 10.7 Å². The van der Waals surface area contributed by atoms with Crippen molar-refractivity contribution < 1.29 is 9.59 Å². The Bertz CT molecular complexity index is 777. The molecule has 2 amide bonds. The maximum Gasteiger partial charge on any atom is 0.327 e. The third-order valence-corrected chi connectivity index (χ3v) is 3.63. The van der Waals surface area contributed by atoms with Crippen LogP contribution in [-0.2, 0) is 9.59 Å². The fourth-order valence-electron chi connectivity index (χ4n) is 1.88. The summed E-state index contributed by atoms with van der Waals surface area (Å²) in [5.74, 6) is -1.73. The second-order valence-corrected chi connectivity index (χ2v) is 5.57. The monoisotopic (exact) mass is 363 g/mol. The first-order valence-electron chi connectivity index (χ1n) is 7.05. The summed E-state index contributed by atoms with van der Waals surface area (Å²) in [4.78, 5) is 23.8. The van der Waals surface area contributed by atoms with E-state index in [-0.39, 0.29) is 10.7 Å². The van der Waals surface area contributed by atoms with E-state index in [9.17, 15) is 9.59 Å². The summed E-state index contributed by atoms with van der Waals surface area (Å²) in [5.41, 5.74) is 6.86. The normalized spacial score (nSPS) is 10.9. The van der Waals surface area contributed by atoms with E-state index in [2.05, 4.69) is 16.2 Å². The van der Waals surface area contributed by atoms with Crippen molar-refractivity contribution in [3.63, 3.8) is 0 Å². The van der Waals surface area contributed by atoms with Crippen molar-refractivity contribution >= 4 is 46.4 Å². The lowest BCUT2D eigenvalue weighted by molar-refractivity contribution is -0.136. The van der Waals surface area contributed by atoms with Gasteiger partial charge < -0.3 is 5.32 Å². The molecule has 0 aliphatic carbocycles. The van der Waals surface area contributed by atoms with Crippen molar-refractivity contribution in [2.24, 2.45) is 0 Å². The summed E-state index contributed by atoms with van der Waals surface area (Å²) in [5, 5.41) is 3.09. The molecule has 2 rings (SSSR count). The summed E-state index contributed by atoms with van der Waals surface area (Å²) in [7, 11) is 0. The number of hydrogen-bond acceptors (Lipinski definition) is 3. The van der Waals surface area contributed by atoms with Crippen LogP contribution in [0.25, 0.3) is 5.70 Å². The van der Waals surface area contributed by atoms with Crippen LogP contribution in [0.3, 0.4) is 0 Å². The van der Waals surface area contributed by atoms with Crippen LogP contribution in [0.2, 0.25) is 10.0 Å². The minimum Gasteiger partial charge on any atom is -0.316 e. The number of anilines is 1. The molecule has 124 valence electrons. The van der Waals surface area contributed by atoms with Crippen molar-refractivity contribution in [2.75, 3.05) is 5.32 Å². The highest BCUT2D eigenvalue weighted by molar-refractivity contribution is 6.42. The first-order valence-corrected chi connectivity index (χ1v) is 7.81. The molecule has 0 atom stereocenters. The van der Waals surface area contributed by atoms with Gasteiger partial charge in [-0.2, -0.15) is 0 Å². The lowest BCUT2D eigenvalue weighted by Crippen LogP contribution is -2.43. The van der Waals surface area contributed by atoms with Gasteiger partial charge in [0.25, 0.3) is 0 Å². The molecule has 0 saturated carbocycles. The zero-order valence-corrected chi connectivity index (χ0v) is 14.3. The first-order chi connectivity index (χ1) is 11.5. The molecule has 24 heavy (non-hydrogen) atoms. The Kier molecular flexibility index (Phi) is 6.23. The summed E-state index contributed by atoms with van der Waals surface area (Å²) in [6.45, 7) is 1.81. The first kappa shape index (κ1) is 17.8. The number of benzene rings is 2. The standard InChI is InChI=1S/C17H15Cl2N3O2/c1-2-14(11-6-4-3-5-7-11)21-22-17(24)16(23)20-15-10-12(18)8-9-13(15)19/h2-10,21H,1H3,(H,20,23)(H,22,24). The van der Waals surface area contributed by atoms with Gasteiger partial charge in [-0.15, -0.1) is 0 Å². The quantitative estimate of drug-likeness (QED) is 0.573. The Morgan fingerprint density at radius 1 is 0.958 bits per heavy atom. The smallest absolute Gasteiger partial charge is 0.316 e. The van der Waals surface area contributed by atoms with Crippen LogP contribution in [0.5, 0.6) is 0 Å². The molecule has 0 fully saturated rings. The van der Waals surface area contributed by atoms with E-state index in [4.69, 9.17) is 23.2 Å². The number of carbonyl (C=O) groups excluding carboxylic acids is 2. The molecule has 2 aromatic rings. The topological polar surface area (TPSA) is 70.2 Å². The molecule has 7 heteroatoms. The highest BCUT2D eigenvalue weighted by Gasteiger charge is 2.15. The Morgan fingerprint density at radius 3 is 2.33 bits per heavy atom. The predicted molar refractivity (Wildman–Crippen MR) is 96.5 cm³/mol.